The van der Waals surface area contributed by atoms with Crippen molar-refractivity contribution in [2.45, 2.75) is 25.3 Å². The zero-order valence-electron chi connectivity index (χ0n) is 10.6. The van der Waals surface area contributed by atoms with Crippen LogP contribution in [-0.4, -0.2) is 35.1 Å². The first kappa shape index (κ1) is 10.8. The van der Waals surface area contributed by atoms with Gasteiger partial charge in [0, 0.05) is 19.0 Å². The SMILES string of the molecule is CN(C)CCn1c(C2CC2)nc2ccccc21. The smallest absolute Gasteiger partial charge is 0.113 e. The second-order valence-electron chi connectivity index (χ2n) is 5.19. The molecule has 0 saturated heterocycles. The third kappa shape index (κ3) is 2.07. The summed E-state index contributed by atoms with van der Waals surface area (Å²) in [5.41, 5.74) is 2.43. The molecule has 0 radical (unpaired) electrons. The van der Waals surface area contributed by atoms with Gasteiger partial charge in [0.1, 0.15) is 5.82 Å². The zero-order chi connectivity index (χ0) is 11.8. The maximum atomic E-state index is 4.80. The van der Waals surface area contributed by atoms with Gasteiger partial charge >= 0.3 is 0 Å². The molecule has 1 fully saturated rings. The highest BCUT2D eigenvalue weighted by atomic mass is 15.1. The van der Waals surface area contributed by atoms with Crippen LogP contribution >= 0.6 is 0 Å². The Kier molecular flexibility index (Phi) is 2.63. The summed E-state index contributed by atoms with van der Waals surface area (Å²) in [4.78, 5) is 7.02. The van der Waals surface area contributed by atoms with E-state index in [-0.39, 0.29) is 0 Å². The van der Waals surface area contributed by atoms with Crippen molar-refractivity contribution in [2.75, 3.05) is 20.6 Å². The minimum atomic E-state index is 0.713. The average molecular weight is 229 g/mol. The fourth-order valence-electron chi connectivity index (χ4n) is 2.28. The highest BCUT2D eigenvalue weighted by molar-refractivity contribution is 5.76. The summed E-state index contributed by atoms with van der Waals surface area (Å²) in [5.74, 6) is 2.01. The van der Waals surface area contributed by atoms with E-state index in [1.54, 1.807) is 0 Å². The molecule has 0 unspecified atom stereocenters. The van der Waals surface area contributed by atoms with Crippen LogP contribution in [0.3, 0.4) is 0 Å². The van der Waals surface area contributed by atoms with Gasteiger partial charge in [0.05, 0.1) is 11.0 Å². The largest absolute Gasteiger partial charge is 0.326 e. The van der Waals surface area contributed by atoms with E-state index in [9.17, 15) is 0 Å². The minimum absolute atomic E-state index is 0.713. The first-order valence-corrected chi connectivity index (χ1v) is 6.35. The lowest BCUT2D eigenvalue weighted by molar-refractivity contribution is 0.383. The number of fused-ring (bicyclic) bond motifs is 1. The van der Waals surface area contributed by atoms with Crippen LogP contribution in [0.5, 0.6) is 0 Å². The van der Waals surface area contributed by atoms with Crippen molar-refractivity contribution in [2.24, 2.45) is 0 Å². The number of imidazole rings is 1. The molecule has 3 nitrogen and oxygen atoms in total. The molecule has 1 aliphatic rings. The molecule has 1 aromatic carbocycles. The predicted octanol–water partition coefficient (Wildman–Crippen LogP) is 2.48. The Labute approximate surface area is 102 Å². The molecule has 3 rings (SSSR count). The number of aromatic nitrogens is 2. The Morgan fingerprint density at radius 1 is 1.29 bits per heavy atom. The monoisotopic (exact) mass is 229 g/mol. The van der Waals surface area contributed by atoms with E-state index in [2.05, 4.69) is 47.8 Å². The molecule has 0 bridgehead atoms. The summed E-state index contributed by atoms with van der Waals surface area (Å²) in [5, 5.41) is 0. The first-order chi connectivity index (χ1) is 8.25. The molecular formula is C14H19N3. The van der Waals surface area contributed by atoms with E-state index in [1.165, 1.54) is 24.2 Å². The molecule has 0 aliphatic heterocycles. The fourth-order valence-corrected chi connectivity index (χ4v) is 2.28. The van der Waals surface area contributed by atoms with Gasteiger partial charge in [-0.25, -0.2) is 4.98 Å². The lowest BCUT2D eigenvalue weighted by Crippen LogP contribution is -2.19. The number of likely N-dealkylation sites (N-methyl/N-ethyl adjacent to an activating group) is 1. The predicted molar refractivity (Wildman–Crippen MR) is 70.3 cm³/mol. The molecule has 1 heterocycles. The summed E-state index contributed by atoms with van der Waals surface area (Å²) in [6.45, 7) is 2.11. The summed E-state index contributed by atoms with van der Waals surface area (Å²) in [6.07, 6.45) is 2.62. The maximum absolute atomic E-state index is 4.80. The number of benzene rings is 1. The quantitative estimate of drug-likeness (QED) is 0.803. The van der Waals surface area contributed by atoms with Gasteiger partial charge in [-0.15, -0.1) is 0 Å². The third-order valence-corrected chi connectivity index (χ3v) is 3.40. The summed E-state index contributed by atoms with van der Waals surface area (Å²) < 4.78 is 2.41. The van der Waals surface area contributed by atoms with Crippen LogP contribution < -0.4 is 0 Å². The lowest BCUT2D eigenvalue weighted by Gasteiger charge is -2.13. The Morgan fingerprint density at radius 2 is 2.06 bits per heavy atom. The Morgan fingerprint density at radius 3 is 2.76 bits per heavy atom. The first-order valence-electron chi connectivity index (χ1n) is 6.35. The van der Waals surface area contributed by atoms with E-state index < -0.39 is 0 Å². The van der Waals surface area contributed by atoms with E-state index in [1.807, 2.05) is 0 Å². The van der Waals surface area contributed by atoms with Crippen LogP contribution in [0.15, 0.2) is 24.3 Å². The molecule has 2 aromatic rings. The summed E-state index contributed by atoms with van der Waals surface area (Å²) in [7, 11) is 4.24. The molecule has 0 N–H and O–H groups in total. The minimum Gasteiger partial charge on any atom is -0.326 e. The molecule has 3 heteroatoms. The van der Waals surface area contributed by atoms with Crippen LogP contribution in [0.4, 0.5) is 0 Å². The topological polar surface area (TPSA) is 21.1 Å². The number of rotatable bonds is 4. The standard InChI is InChI=1S/C14H19N3/c1-16(2)9-10-17-13-6-4-3-5-12(13)15-14(17)11-7-8-11/h3-6,11H,7-10H2,1-2H3. The normalized spacial score (nSPS) is 15.9. The second-order valence-corrected chi connectivity index (χ2v) is 5.19. The molecule has 0 amide bonds. The van der Waals surface area contributed by atoms with Crippen molar-refractivity contribution in [3.05, 3.63) is 30.1 Å². The van der Waals surface area contributed by atoms with Crippen LogP contribution in [0, 0.1) is 0 Å². The molecule has 17 heavy (non-hydrogen) atoms. The molecule has 90 valence electrons. The van der Waals surface area contributed by atoms with Gasteiger partial charge in [0.15, 0.2) is 0 Å². The molecular weight excluding hydrogens is 210 g/mol. The maximum Gasteiger partial charge on any atom is 0.113 e. The number of para-hydroxylation sites is 2. The van der Waals surface area contributed by atoms with E-state index in [0.717, 1.165) is 18.6 Å². The Hall–Kier alpha value is -1.35. The van der Waals surface area contributed by atoms with E-state index >= 15 is 0 Å². The van der Waals surface area contributed by atoms with E-state index in [4.69, 9.17) is 4.98 Å². The number of nitrogens with zero attached hydrogens (tertiary/aromatic N) is 3. The second kappa shape index (κ2) is 4.15. The number of hydrogen-bond donors (Lipinski definition) is 0. The molecule has 0 spiro atoms. The highest BCUT2D eigenvalue weighted by Gasteiger charge is 2.29. The van der Waals surface area contributed by atoms with Crippen molar-refractivity contribution < 1.29 is 0 Å². The van der Waals surface area contributed by atoms with Crippen molar-refractivity contribution >= 4 is 11.0 Å². The van der Waals surface area contributed by atoms with Gasteiger partial charge in [0.25, 0.3) is 0 Å². The highest BCUT2D eigenvalue weighted by Crippen LogP contribution is 2.40. The Bertz CT molecular complexity index is 523. The van der Waals surface area contributed by atoms with Gasteiger partial charge in [-0.05, 0) is 39.1 Å². The van der Waals surface area contributed by atoms with Gasteiger partial charge in [-0.1, -0.05) is 12.1 Å². The lowest BCUT2D eigenvalue weighted by atomic mass is 10.3. The molecule has 1 aromatic heterocycles. The van der Waals surface area contributed by atoms with Gasteiger partial charge in [0.2, 0.25) is 0 Å². The molecule has 0 atom stereocenters. The van der Waals surface area contributed by atoms with E-state index in [0.29, 0.717) is 5.92 Å². The van der Waals surface area contributed by atoms with Gasteiger partial charge in [-0.3, -0.25) is 0 Å². The zero-order valence-corrected chi connectivity index (χ0v) is 10.6. The average Bonchev–Trinajstić information content (AvgIpc) is 3.08. The summed E-state index contributed by atoms with van der Waals surface area (Å²) in [6, 6.07) is 8.48. The van der Waals surface area contributed by atoms with Gasteiger partial charge < -0.3 is 9.47 Å². The molecule has 1 saturated carbocycles. The van der Waals surface area contributed by atoms with Gasteiger partial charge in [-0.2, -0.15) is 0 Å². The summed E-state index contributed by atoms with van der Waals surface area (Å²) >= 11 is 0. The van der Waals surface area contributed by atoms with Crippen molar-refractivity contribution in [1.82, 2.24) is 14.5 Å². The number of hydrogen-bond acceptors (Lipinski definition) is 2. The third-order valence-electron chi connectivity index (χ3n) is 3.40. The van der Waals surface area contributed by atoms with Crippen molar-refractivity contribution in [3.8, 4) is 0 Å². The Balaban J connectivity index is 2.01. The van der Waals surface area contributed by atoms with Crippen LogP contribution in [0.25, 0.3) is 11.0 Å². The van der Waals surface area contributed by atoms with Crippen LogP contribution in [0.1, 0.15) is 24.6 Å². The van der Waals surface area contributed by atoms with Crippen LogP contribution in [0.2, 0.25) is 0 Å². The van der Waals surface area contributed by atoms with Crippen molar-refractivity contribution in [1.29, 1.82) is 0 Å². The van der Waals surface area contributed by atoms with Crippen molar-refractivity contribution in [3.63, 3.8) is 0 Å². The molecule has 1 aliphatic carbocycles. The van der Waals surface area contributed by atoms with Crippen LogP contribution in [-0.2, 0) is 6.54 Å². The fraction of sp³-hybridized carbons (Fsp3) is 0.500.